The lowest BCUT2D eigenvalue weighted by molar-refractivity contribution is -0.164. The molecule has 1 aromatic rings. The molecular formula is C13H17FO5S. The van der Waals surface area contributed by atoms with Crippen molar-refractivity contribution in [3.8, 4) is 0 Å². The van der Waals surface area contributed by atoms with Crippen LogP contribution in [0.15, 0.2) is 24.3 Å². The van der Waals surface area contributed by atoms with Crippen molar-refractivity contribution >= 4 is 9.84 Å². The van der Waals surface area contributed by atoms with Crippen molar-refractivity contribution in [1.29, 1.82) is 0 Å². The van der Waals surface area contributed by atoms with Crippen molar-refractivity contribution in [3.05, 3.63) is 35.6 Å². The molecule has 1 N–H and O–H groups in total. The standard InChI is InChI=1S/C13H17FO5S/c1-2-20(16,17)9-13(18-8-10(7-15)19-13)11-5-3-4-6-12(11)14/h3-6,10,15H,2,7-9H2,1H3/t10-,13-/m0/s1. The van der Waals surface area contributed by atoms with Crippen LogP contribution < -0.4 is 0 Å². The van der Waals surface area contributed by atoms with Gasteiger partial charge >= 0.3 is 0 Å². The highest BCUT2D eigenvalue weighted by atomic mass is 32.2. The number of aliphatic hydroxyl groups is 1. The molecule has 7 heteroatoms. The molecule has 1 aliphatic rings. The molecule has 1 aliphatic heterocycles. The highest BCUT2D eigenvalue weighted by Crippen LogP contribution is 2.37. The molecule has 0 unspecified atom stereocenters. The molecule has 1 saturated heterocycles. The van der Waals surface area contributed by atoms with Crippen LogP contribution in [0.2, 0.25) is 0 Å². The van der Waals surface area contributed by atoms with E-state index in [0.717, 1.165) is 0 Å². The predicted octanol–water partition coefficient (Wildman–Crippen LogP) is 0.821. The first kappa shape index (κ1) is 15.4. The first-order valence-electron chi connectivity index (χ1n) is 6.30. The molecule has 0 aliphatic carbocycles. The van der Waals surface area contributed by atoms with E-state index in [2.05, 4.69) is 0 Å². The predicted molar refractivity (Wildman–Crippen MR) is 70.3 cm³/mol. The average Bonchev–Trinajstić information content (AvgIpc) is 2.83. The number of ether oxygens (including phenoxy) is 2. The van der Waals surface area contributed by atoms with Gasteiger partial charge in [0, 0.05) is 11.3 Å². The third-order valence-electron chi connectivity index (χ3n) is 3.20. The maximum atomic E-state index is 14.0. The Kier molecular flexibility index (Phi) is 4.43. The zero-order chi connectivity index (χ0) is 14.8. The van der Waals surface area contributed by atoms with E-state index in [1.807, 2.05) is 0 Å². The second kappa shape index (κ2) is 5.77. The van der Waals surface area contributed by atoms with Crippen molar-refractivity contribution in [2.45, 2.75) is 18.8 Å². The summed E-state index contributed by atoms with van der Waals surface area (Å²) in [6.45, 7) is 1.20. The van der Waals surface area contributed by atoms with Crippen LogP contribution in [0.3, 0.4) is 0 Å². The third-order valence-corrected chi connectivity index (χ3v) is 4.90. The highest BCUT2D eigenvalue weighted by molar-refractivity contribution is 7.91. The number of rotatable bonds is 5. The molecule has 5 nitrogen and oxygen atoms in total. The van der Waals surface area contributed by atoms with E-state index in [0.29, 0.717) is 0 Å². The van der Waals surface area contributed by atoms with Crippen molar-refractivity contribution in [2.24, 2.45) is 0 Å². The molecule has 0 bridgehead atoms. The largest absolute Gasteiger partial charge is 0.394 e. The van der Waals surface area contributed by atoms with E-state index in [4.69, 9.17) is 14.6 Å². The molecule has 1 fully saturated rings. The van der Waals surface area contributed by atoms with Gasteiger partial charge in [-0.3, -0.25) is 0 Å². The van der Waals surface area contributed by atoms with Crippen LogP contribution in [-0.4, -0.2) is 44.3 Å². The lowest BCUT2D eigenvalue weighted by Gasteiger charge is -2.28. The minimum atomic E-state index is -3.46. The van der Waals surface area contributed by atoms with Gasteiger partial charge in [-0.1, -0.05) is 25.1 Å². The average molecular weight is 304 g/mol. The van der Waals surface area contributed by atoms with E-state index in [9.17, 15) is 12.8 Å². The van der Waals surface area contributed by atoms with Crippen molar-refractivity contribution in [3.63, 3.8) is 0 Å². The second-order valence-electron chi connectivity index (χ2n) is 4.64. The van der Waals surface area contributed by atoms with Crippen LogP contribution in [0.25, 0.3) is 0 Å². The van der Waals surface area contributed by atoms with Crippen LogP contribution >= 0.6 is 0 Å². The fourth-order valence-electron chi connectivity index (χ4n) is 2.11. The van der Waals surface area contributed by atoms with Crippen LogP contribution in [0.5, 0.6) is 0 Å². The van der Waals surface area contributed by atoms with Crippen molar-refractivity contribution in [1.82, 2.24) is 0 Å². The normalized spacial score (nSPS) is 26.9. The Morgan fingerprint density at radius 3 is 2.70 bits per heavy atom. The summed E-state index contributed by atoms with van der Waals surface area (Å²) in [7, 11) is -3.46. The number of hydrogen-bond acceptors (Lipinski definition) is 5. The van der Waals surface area contributed by atoms with Crippen molar-refractivity contribution in [2.75, 3.05) is 24.7 Å². The summed E-state index contributed by atoms with van der Waals surface area (Å²) in [6, 6.07) is 5.73. The second-order valence-corrected chi connectivity index (χ2v) is 7.00. The Balaban J connectivity index is 2.43. The summed E-state index contributed by atoms with van der Waals surface area (Å²) >= 11 is 0. The van der Waals surface area contributed by atoms with E-state index in [-0.39, 0.29) is 24.5 Å². The van der Waals surface area contributed by atoms with Gasteiger partial charge in [0.25, 0.3) is 0 Å². The lowest BCUT2D eigenvalue weighted by Crippen LogP contribution is -2.38. The molecule has 2 atom stereocenters. The maximum absolute atomic E-state index is 14.0. The molecule has 0 saturated carbocycles. The minimum Gasteiger partial charge on any atom is -0.394 e. The van der Waals surface area contributed by atoms with Gasteiger partial charge in [-0.05, 0) is 6.07 Å². The topological polar surface area (TPSA) is 72.8 Å². The fraction of sp³-hybridized carbons (Fsp3) is 0.538. The summed E-state index contributed by atoms with van der Waals surface area (Å²) in [5.41, 5.74) is 0.0352. The van der Waals surface area contributed by atoms with Gasteiger partial charge in [0.1, 0.15) is 17.7 Å². The molecule has 0 spiro atoms. The van der Waals surface area contributed by atoms with Gasteiger partial charge in [-0.2, -0.15) is 0 Å². The number of sulfone groups is 1. The Morgan fingerprint density at radius 1 is 1.45 bits per heavy atom. The zero-order valence-electron chi connectivity index (χ0n) is 11.1. The number of hydrogen-bond donors (Lipinski definition) is 1. The molecule has 1 aromatic carbocycles. The van der Waals surface area contributed by atoms with Crippen LogP contribution in [0.4, 0.5) is 4.39 Å². The van der Waals surface area contributed by atoms with Crippen molar-refractivity contribution < 1.29 is 27.4 Å². The van der Waals surface area contributed by atoms with Crippen LogP contribution in [-0.2, 0) is 25.1 Å². The summed E-state index contributed by atoms with van der Waals surface area (Å²) < 4.78 is 48.7. The Bertz CT molecular complexity index is 574. The SMILES string of the molecule is CCS(=O)(=O)C[C@]1(c2ccccc2F)OC[C@H](CO)O1. The Morgan fingerprint density at radius 2 is 2.15 bits per heavy atom. The Labute approximate surface area is 117 Å². The van der Waals surface area contributed by atoms with Gasteiger partial charge < -0.3 is 14.6 Å². The fourth-order valence-corrected chi connectivity index (χ4v) is 3.20. The van der Waals surface area contributed by atoms with Gasteiger partial charge in [-0.25, -0.2) is 12.8 Å². The molecule has 112 valence electrons. The summed E-state index contributed by atoms with van der Waals surface area (Å²) in [6.07, 6.45) is -0.665. The number of aliphatic hydroxyl groups excluding tert-OH is 1. The molecule has 0 aromatic heterocycles. The quantitative estimate of drug-likeness (QED) is 0.872. The molecule has 0 radical (unpaired) electrons. The first-order chi connectivity index (χ1) is 9.42. The molecule has 20 heavy (non-hydrogen) atoms. The molecule has 0 amide bonds. The summed E-state index contributed by atoms with van der Waals surface area (Å²) in [4.78, 5) is 0. The first-order valence-corrected chi connectivity index (χ1v) is 8.12. The minimum absolute atomic E-state index is 0.0179. The number of halogens is 1. The van der Waals surface area contributed by atoms with E-state index < -0.39 is 33.3 Å². The van der Waals surface area contributed by atoms with E-state index >= 15 is 0 Å². The van der Waals surface area contributed by atoms with Gasteiger partial charge in [0.15, 0.2) is 9.84 Å². The third kappa shape index (κ3) is 3.01. The molecule has 1 heterocycles. The smallest absolute Gasteiger partial charge is 0.212 e. The summed E-state index contributed by atoms with van der Waals surface area (Å²) in [5, 5.41) is 9.12. The maximum Gasteiger partial charge on any atom is 0.212 e. The number of benzene rings is 1. The lowest BCUT2D eigenvalue weighted by atomic mass is 10.1. The van der Waals surface area contributed by atoms with Crippen LogP contribution in [0, 0.1) is 5.82 Å². The monoisotopic (exact) mass is 304 g/mol. The molecular weight excluding hydrogens is 287 g/mol. The van der Waals surface area contributed by atoms with E-state index in [1.165, 1.54) is 25.1 Å². The molecule has 2 rings (SSSR count). The van der Waals surface area contributed by atoms with Crippen LogP contribution in [0.1, 0.15) is 12.5 Å². The van der Waals surface area contributed by atoms with Gasteiger partial charge in [0.05, 0.1) is 13.2 Å². The van der Waals surface area contributed by atoms with Gasteiger partial charge in [-0.15, -0.1) is 0 Å². The zero-order valence-corrected chi connectivity index (χ0v) is 11.9. The van der Waals surface area contributed by atoms with E-state index in [1.54, 1.807) is 6.07 Å². The summed E-state index contributed by atoms with van der Waals surface area (Å²) in [5.74, 6) is -2.86. The van der Waals surface area contributed by atoms with Gasteiger partial charge in [0.2, 0.25) is 5.79 Å². The highest BCUT2D eigenvalue weighted by Gasteiger charge is 2.47. The Hall–Kier alpha value is -1.02.